The third kappa shape index (κ3) is 7.19. The van der Waals surface area contributed by atoms with E-state index in [-0.39, 0.29) is 35.7 Å². The van der Waals surface area contributed by atoms with Crippen LogP contribution in [0.3, 0.4) is 0 Å². The first kappa shape index (κ1) is 22.9. The van der Waals surface area contributed by atoms with Crippen molar-refractivity contribution in [2.24, 2.45) is 5.73 Å². The van der Waals surface area contributed by atoms with E-state index >= 15 is 0 Å². The minimum Gasteiger partial charge on any atom is -0.383 e. The van der Waals surface area contributed by atoms with E-state index in [0.717, 1.165) is 5.56 Å². The van der Waals surface area contributed by atoms with Crippen molar-refractivity contribution in [2.45, 2.75) is 12.5 Å². The molecule has 2 rings (SSSR count). The molecule has 0 heterocycles. The van der Waals surface area contributed by atoms with Gasteiger partial charge in [-0.05, 0) is 23.8 Å². The standard InChI is InChI=1S/C19H22ClN3O3.ClH/c1-26-10-9-22-19(25)15-8-7-14(11-16(15)20)23-18(24)12-17(21)13-5-3-2-4-6-13;/h2-8,11,17H,9-10,12,21H2,1H3,(H,22,25)(H,23,24);1H. The average Bonchev–Trinajstić information content (AvgIpc) is 2.62. The Kier molecular flexibility index (Phi) is 9.82. The van der Waals surface area contributed by atoms with Crippen LogP contribution in [0.4, 0.5) is 5.69 Å². The Hall–Kier alpha value is -2.12. The van der Waals surface area contributed by atoms with E-state index in [2.05, 4.69) is 10.6 Å². The number of hydrogen-bond acceptors (Lipinski definition) is 4. The summed E-state index contributed by atoms with van der Waals surface area (Å²) in [6.07, 6.45) is 0.140. The molecular formula is C19H23Cl2N3O3. The summed E-state index contributed by atoms with van der Waals surface area (Å²) in [5.74, 6) is -0.522. The monoisotopic (exact) mass is 411 g/mol. The molecule has 1 unspecified atom stereocenters. The van der Waals surface area contributed by atoms with E-state index in [0.29, 0.717) is 24.4 Å². The van der Waals surface area contributed by atoms with E-state index in [1.807, 2.05) is 30.3 Å². The molecule has 0 aliphatic rings. The number of carbonyl (C=O) groups excluding carboxylic acids is 2. The number of rotatable bonds is 8. The maximum atomic E-state index is 12.2. The minimum atomic E-state index is -0.391. The van der Waals surface area contributed by atoms with Crippen molar-refractivity contribution in [3.8, 4) is 0 Å². The molecule has 2 amide bonds. The van der Waals surface area contributed by atoms with Gasteiger partial charge in [-0.2, -0.15) is 0 Å². The van der Waals surface area contributed by atoms with Gasteiger partial charge >= 0.3 is 0 Å². The van der Waals surface area contributed by atoms with Gasteiger partial charge < -0.3 is 21.1 Å². The summed E-state index contributed by atoms with van der Waals surface area (Å²) < 4.78 is 4.88. The molecule has 27 heavy (non-hydrogen) atoms. The second kappa shape index (κ2) is 11.6. The lowest BCUT2D eigenvalue weighted by atomic mass is 10.0. The molecule has 0 spiro atoms. The summed E-state index contributed by atoms with van der Waals surface area (Å²) in [5.41, 5.74) is 7.79. The molecular weight excluding hydrogens is 389 g/mol. The van der Waals surface area contributed by atoms with Gasteiger partial charge in [0.2, 0.25) is 5.91 Å². The Labute approximate surface area is 169 Å². The maximum absolute atomic E-state index is 12.2. The predicted octanol–water partition coefficient (Wildman–Crippen LogP) is 3.17. The SMILES string of the molecule is COCCNC(=O)c1ccc(NC(=O)CC(N)c2ccccc2)cc1Cl.Cl. The van der Waals surface area contributed by atoms with Gasteiger partial charge in [-0.25, -0.2) is 0 Å². The predicted molar refractivity (Wildman–Crippen MR) is 110 cm³/mol. The number of anilines is 1. The molecule has 0 radical (unpaired) electrons. The Morgan fingerprint density at radius 3 is 2.52 bits per heavy atom. The van der Waals surface area contributed by atoms with E-state index in [9.17, 15) is 9.59 Å². The summed E-state index contributed by atoms with van der Waals surface area (Å²) in [4.78, 5) is 24.2. The minimum absolute atomic E-state index is 0. The lowest BCUT2D eigenvalue weighted by molar-refractivity contribution is -0.116. The molecule has 146 valence electrons. The molecule has 0 bridgehead atoms. The summed E-state index contributed by atoms with van der Waals surface area (Å²) >= 11 is 6.15. The fourth-order valence-electron chi connectivity index (χ4n) is 2.37. The van der Waals surface area contributed by atoms with Gasteiger partial charge in [-0.1, -0.05) is 41.9 Å². The molecule has 0 fully saturated rings. The third-order valence-corrected chi connectivity index (χ3v) is 4.03. The highest BCUT2D eigenvalue weighted by atomic mass is 35.5. The maximum Gasteiger partial charge on any atom is 0.252 e. The summed E-state index contributed by atoms with van der Waals surface area (Å²) in [7, 11) is 1.56. The summed E-state index contributed by atoms with van der Waals surface area (Å²) in [5, 5.41) is 5.69. The van der Waals surface area contributed by atoms with Crippen molar-refractivity contribution in [3.63, 3.8) is 0 Å². The van der Waals surface area contributed by atoms with Crippen LogP contribution in [-0.4, -0.2) is 32.1 Å². The molecule has 0 saturated heterocycles. The van der Waals surface area contributed by atoms with Crippen LogP contribution >= 0.6 is 24.0 Å². The quantitative estimate of drug-likeness (QED) is 0.581. The van der Waals surface area contributed by atoms with Crippen molar-refractivity contribution in [1.29, 1.82) is 0 Å². The van der Waals surface area contributed by atoms with Crippen LogP contribution in [0.5, 0.6) is 0 Å². The highest BCUT2D eigenvalue weighted by Gasteiger charge is 2.14. The van der Waals surface area contributed by atoms with Crippen molar-refractivity contribution >= 4 is 41.5 Å². The molecule has 8 heteroatoms. The zero-order chi connectivity index (χ0) is 18.9. The molecule has 2 aromatic carbocycles. The number of carbonyl (C=O) groups is 2. The molecule has 2 aromatic rings. The number of amides is 2. The van der Waals surface area contributed by atoms with E-state index in [4.69, 9.17) is 22.1 Å². The number of nitrogens with two attached hydrogens (primary N) is 1. The number of benzene rings is 2. The van der Waals surface area contributed by atoms with Crippen molar-refractivity contribution < 1.29 is 14.3 Å². The fourth-order valence-corrected chi connectivity index (χ4v) is 2.64. The first-order valence-electron chi connectivity index (χ1n) is 8.18. The van der Waals surface area contributed by atoms with E-state index in [1.165, 1.54) is 0 Å². The Balaban J connectivity index is 0.00000364. The highest BCUT2D eigenvalue weighted by Crippen LogP contribution is 2.22. The highest BCUT2D eigenvalue weighted by molar-refractivity contribution is 6.34. The van der Waals surface area contributed by atoms with Crippen LogP contribution in [-0.2, 0) is 9.53 Å². The molecule has 0 saturated carbocycles. The number of nitrogens with one attached hydrogen (secondary N) is 2. The topological polar surface area (TPSA) is 93.5 Å². The lowest BCUT2D eigenvalue weighted by Crippen LogP contribution is -2.27. The average molecular weight is 412 g/mol. The third-order valence-electron chi connectivity index (χ3n) is 3.72. The van der Waals surface area contributed by atoms with Crippen LogP contribution in [0.2, 0.25) is 5.02 Å². The van der Waals surface area contributed by atoms with Crippen LogP contribution in [0, 0.1) is 0 Å². The van der Waals surface area contributed by atoms with Gasteiger partial charge in [0.1, 0.15) is 0 Å². The van der Waals surface area contributed by atoms with Gasteiger partial charge in [0, 0.05) is 31.8 Å². The Morgan fingerprint density at radius 1 is 1.19 bits per heavy atom. The zero-order valence-corrected chi connectivity index (χ0v) is 16.5. The number of ether oxygens (including phenoxy) is 1. The molecule has 0 aliphatic heterocycles. The second-order valence-corrected chi connectivity index (χ2v) is 6.12. The molecule has 0 aliphatic carbocycles. The van der Waals surface area contributed by atoms with Crippen LogP contribution in [0.1, 0.15) is 28.4 Å². The summed E-state index contributed by atoms with van der Waals surface area (Å²) in [6, 6.07) is 13.8. The Morgan fingerprint density at radius 2 is 1.89 bits per heavy atom. The van der Waals surface area contributed by atoms with Gasteiger partial charge in [0.05, 0.1) is 17.2 Å². The first-order chi connectivity index (χ1) is 12.5. The molecule has 1 atom stereocenters. The fraction of sp³-hybridized carbons (Fsp3) is 0.263. The van der Waals surface area contributed by atoms with Crippen LogP contribution < -0.4 is 16.4 Å². The lowest BCUT2D eigenvalue weighted by Gasteiger charge is -2.13. The number of methoxy groups -OCH3 is 1. The van der Waals surface area contributed by atoms with Gasteiger partial charge in [-0.3, -0.25) is 9.59 Å². The first-order valence-corrected chi connectivity index (χ1v) is 8.56. The normalized spacial score (nSPS) is 11.2. The number of halogens is 2. The zero-order valence-electron chi connectivity index (χ0n) is 14.9. The molecule has 0 aromatic heterocycles. The summed E-state index contributed by atoms with van der Waals surface area (Å²) in [6.45, 7) is 0.806. The van der Waals surface area contributed by atoms with Gasteiger partial charge in [0.15, 0.2) is 0 Å². The van der Waals surface area contributed by atoms with Gasteiger partial charge in [-0.15, -0.1) is 12.4 Å². The van der Waals surface area contributed by atoms with Crippen LogP contribution in [0.15, 0.2) is 48.5 Å². The van der Waals surface area contributed by atoms with Crippen LogP contribution in [0.25, 0.3) is 0 Å². The van der Waals surface area contributed by atoms with Crippen molar-refractivity contribution in [2.75, 3.05) is 25.6 Å². The van der Waals surface area contributed by atoms with Gasteiger partial charge in [0.25, 0.3) is 5.91 Å². The number of hydrogen-bond donors (Lipinski definition) is 3. The second-order valence-electron chi connectivity index (χ2n) is 5.71. The van der Waals surface area contributed by atoms with Crippen molar-refractivity contribution in [3.05, 3.63) is 64.7 Å². The van der Waals surface area contributed by atoms with Crippen molar-refractivity contribution in [1.82, 2.24) is 5.32 Å². The molecule has 6 nitrogen and oxygen atoms in total. The largest absolute Gasteiger partial charge is 0.383 e. The van der Waals surface area contributed by atoms with E-state index < -0.39 is 6.04 Å². The van der Waals surface area contributed by atoms with E-state index in [1.54, 1.807) is 25.3 Å². The smallest absolute Gasteiger partial charge is 0.252 e. The Bertz CT molecular complexity index is 757. The molecule has 4 N–H and O–H groups in total.